The highest BCUT2D eigenvalue weighted by Crippen LogP contribution is 2.25. The van der Waals surface area contributed by atoms with Crippen molar-refractivity contribution in [3.05, 3.63) is 24.3 Å². The van der Waals surface area contributed by atoms with Gasteiger partial charge in [-0.3, -0.25) is 9.59 Å². The summed E-state index contributed by atoms with van der Waals surface area (Å²) in [5.41, 5.74) is 0. The zero-order valence-electron chi connectivity index (χ0n) is 13.4. The molecule has 1 aromatic carbocycles. The Kier molecular flexibility index (Phi) is 8.20. The Morgan fingerprint density at radius 2 is 1.57 bits per heavy atom. The molecule has 0 aliphatic heterocycles. The van der Waals surface area contributed by atoms with E-state index in [1.165, 1.54) is 14.0 Å². The molecule has 0 aliphatic carbocycles. The highest BCUT2D eigenvalue weighted by molar-refractivity contribution is 5.83. The van der Waals surface area contributed by atoms with Crippen LogP contribution in [0.15, 0.2) is 24.3 Å². The second-order valence-corrected chi connectivity index (χ2v) is 4.84. The number of para-hydroxylation sites is 2. The Morgan fingerprint density at radius 3 is 2.17 bits per heavy atom. The Bertz CT molecular complexity index is 545. The maximum absolute atomic E-state index is 11.6. The van der Waals surface area contributed by atoms with E-state index in [1.807, 2.05) is 0 Å². The zero-order chi connectivity index (χ0) is 17.1. The standard InChI is InChI=1S/C16H22N2O5/c1-12(19)7-8-15(20)17-9-10-18-16(21)11-23-14-6-4-3-5-13(14)22-2/h3-6H,7-11H2,1-2H3,(H,17,20)(H,18,21). The highest BCUT2D eigenvalue weighted by atomic mass is 16.5. The van der Waals surface area contributed by atoms with Crippen LogP contribution in [0.1, 0.15) is 19.8 Å². The molecule has 1 aromatic rings. The summed E-state index contributed by atoms with van der Waals surface area (Å²) < 4.78 is 10.5. The van der Waals surface area contributed by atoms with Crippen LogP contribution < -0.4 is 20.1 Å². The van der Waals surface area contributed by atoms with Gasteiger partial charge in [0.2, 0.25) is 5.91 Å². The number of ether oxygens (including phenoxy) is 2. The van der Waals surface area contributed by atoms with Gasteiger partial charge < -0.3 is 24.9 Å². The number of nitrogens with one attached hydrogen (secondary N) is 2. The summed E-state index contributed by atoms with van der Waals surface area (Å²) in [5.74, 6) is 0.510. The van der Waals surface area contributed by atoms with E-state index in [2.05, 4.69) is 10.6 Å². The predicted molar refractivity (Wildman–Crippen MR) is 84.4 cm³/mol. The van der Waals surface area contributed by atoms with E-state index in [-0.39, 0.29) is 37.0 Å². The quantitative estimate of drug-likeness (QED) is 0.618. The summed E-state index contributed by atoms with van der Waals surface area (Å²) in [6.45, 7) is 1.89. The first-order valence-corrected chi connectivity index (χ1v) is 7.31. The fourth-order valence-corrected chi connectivity index (χ4v) is 1.71. The summed E-state index contributed by atoms with van der Waals surface area (Å²) in [6, 6.07) is 7.04. The smallest absolute Gasteiger partial charge is 0.258 e. The van der Waals surface area contributed by atoms with Gasteiger partial charge in [-0.15, -0.1) is 0 Å². The second-order valence-electron chi connectivity index (χ2n) is 4.84. The molecule has 1 rings (SSSR count). The summed E-state index contributed by atoms with van der Waals surface area (Å²) in [7, 11) is 1.52. The Balaban J connectivity index is 2.17. The number of amides is 2. The molecule has 23 heavy (non-hydrogen) atoms. The summed E-state index contributed by atoms with van der Waals surface area (Å²) in [5, 5.41) is 5.24. The number of rotatable bonds is 10. The number of hydrogen-bond donors (Lipinski definition) is 2. The maximum atomic E-state index is 11.6. The molecule has 7 nitrogen and oxygen atoms in total. The molecule has 0 saturated carbocycles. The number of Topliss-reactive ketones (excluding diaryl/α,β-unsaturated/α-hetero) is 1. The first-order chi connectivity index (χ1) is 11.0. The van der Waals surface area contributed by atoms with E-state index < -0.39 is 0 Å². The fourth-order valence-electron chi connectivity index (χ4n) is 1.71. The molecule has 0 fully saturated rings. The first kappa shape index (κ1) is 18.5. The van der Waals surface area contributed by atoms with Crippen molar-refractivity contribution in [2.24, 2.45) is 0 Å². The minimum absolute atomic E-state index is 0.0260. The topological polar surface area (TPSA) is 93.7 Å². The third kappa shape index (κ3) is 7.85. The van der Waals surface area contributed by atoms with E-state index in [0.29, 0.717) is 24.6 Å². The molecule has 2 amide bonds. The average Bonchev–Trinajstić information content (AvgIpc) is 2.55. The van der Waals surface area contributed by atoms with Gasteiger partial charge in [-0.1, -0.05) is 12.1 Å². The van der Waals surface area contributed by atoms with Crippen LogP contribution in [-0.4, -0.2) is 44.4 Å². The van der Waals surface area contributed by atoms with Crippen molar-refractivity contribution in [2.45, 2.75) is 19.8 Å². The third-order valence-electron chi connectivity index (χ3n) is 2.90. The molecule has 0 spiro atoms. The van der Waals surface area contributed by atoms with Gasteiger partial charge in [0.1, 0.15) is 5.78 Å². The number of carbonyl (C=O) groups is 3. The third-order valence-corrected chi connectivity index (χ3v) is 2.90. The monoisotopic (exact) mass is 322 g/mol. The van der Waals surface area contributed by atoms with Crippen molar-refractivity contribution in [3.63, 3.8) is 0 Å². The molecule has 0 saturated heterocycles. The lowest BCUT2D eigenvalue weighted by atomic mass is 10.2. The van der Waals surface area contributed by atoms with Crippen molar-refractivity contribution in [1.82, 2.24) is 10.6 Å². The van der Waals surface area contributed by atoms with Crippen LogP contribution in [0.25, 0.3) is 0 Å². The van der Waals surface area contributed by atoms with Crippen LogP contribution in [0.3, 0.4) is 0 Å². The number of benzene rings is 1. The Labute approximate surface area is 135 Å². The van der Waals surface area contributed by atoms with Gasteiger partial charge in [0.05, 0.1) is 7.11 Å². The van der Waals surface area contributed by atoms with Crippen molar-refractivity contribution in [1.29, 1.82) is 0 Å². The number of carbonyl (C=O) groups excluding carboxylic acids is 3. The summed E-state index contributed by atoms with van der Waals surface area (Å²) in [4.78, 5) is 33.7. The van der Waals surface area contributed by atoms with Gasteiger partial charge in [0.25, 0.3) is 5.91 Å². The van der Waals surface area contributed by atoms with Gasteiger partial charge in [-0.25, -0.2) is 0 Å². The largest absolute Gasteiger partial charge is 0.493 e. The summed E-state index contributed by atoms with van der Waals surface area (Å²) >= 11 is 0. The average molecular weight is 322 g/mol. The molecule has 0 radical (unpaired) electrons. The van der Waals surface area contributed by atoms with Crippen LogP contribution in [-0.2, 0) is 14.4 Å². The molecular formula is C16H22N2O5. The molecule has 126 valence electrons. The predicted octanol–water partition coefficient (Wildman–Crippen LogP) is 0.676. The zero-order valence-corrected chi connectivity index (χ0v) is 13.4. The van der Waals surface area contributed by atoms with Gasteiger partial charge in [0, 0.05) is 25.9 Å². The van der Waals surface area contributed by atoms with Crippen LogP contribution in [0.2, 0.25) is 0 Å². The lowest BCUT2D eigenvalue weighted by Crippen LogP contribution is -2.36. The van der Waals surface area contributed by atoms with E-state index in [4.69, 9.17) is 9.47 Å². The van der Waals surface area contributed by atoms with Crippen LogP contribution in [0, 0.1) is 0 Å². The molecule has 0 bridgehead atoms. The van der Waals surface area contributed by atoms with Crippen molar-refractivity contribution in [3.8, 4) is 11.5 Å². The molecule has 0 heterocycles. The van der Waals surface area contributed by atoms with Gasteiger partial charge >= 0.3 is 0 Å². The van der Waals surface area contributed by atoms with Gasteiger partial charge in [-0.2, -0.15) is 0 Å². The number of hydrogen-bond acceptors (Lipinski definition) is 5. The molecule has 7 heteroatoms. The lowest BCUT2D eigenvalue weighted by Gasteiger charge is -2.10. The maximum Gasteiger partial charge on any atom is 0.258 e. The van der Waals surface area contributed by atoms with Crippen LogP contribution >= 0.6 is 0 Å². The molecule has 2 N–H and O–H groups in total. The van der Waals surface area contributed by atoms with E-state index in [1.54, 1.807) is 24.3 Å². The van der Waals surface area contributed by atoms with Crippen molar-refractivity contribution < 1.29 is 23.9 Å². The van der Waals surface area contributed by atoms with Gasteiger partial charge in [-0.05, 0) is 19.1 Å². The van der Waals surface area contributed by atoms with Crippen LogP contribution in [0.4, 0.5) is 0 Å². The van der Waals surface area contributed by atoms with Crippen molar-refractivity contribution in [2.75, 3.05) is 26.8 Å². The molecule has 0 unspecified atom stereocenters. The minimum Gasteiger partial charge on any atom is -0.493 e. The SMILES string of the molecule is COc1ccccc1OCC(=O)NCCNC(=O)CCC(C)=O. The molecule has 0 atom stereocenters. The van der Waals surface area contributed by atoms with E-state index in [9.17, 15) is 14.4 Å². The number of ketones is 1. The molecular weight excluding hydrogens is 300 g/mol. The van der Waals surface area contributed by atoms with Crippen LogP contribution in [0.5, 0.6) is 11.5 Å². The van der Waals surface area contributed by atoms with E-state index in [0.717, 1.165) is 0 Å². The highest BCUT2D eigenvalue weighted by Gasteiger charge is 2.07. The Morgan fingerprint density at radius 1 is 0.957 bits per heavy atom. The van der Waals surface area contributed by atoms with E-state index >= 15 is 0 Å². The van der Waals surface area contributed by atoms with Crippen molar-refractivity contribution >= 4 is 17.6 Å². The second kappa shape index (κ2) is 10.2. The fraction of sp³-hybridized carbons (Fsp3) is 0.438. The minimum atomic E-state index is -0.297. The Hall–Kier alpha value is -2.57. The van der Waals surface area contributed by atoms with Gasteiger partial charge in [0.15, 0.2) is 18.1 Å². The summed E-state index contributed by atoms with van der Waals surface area (Å²) in [6.07, 6.45) is 0.394. The normalized spacial score (nSPS) is 9.83. The molecule has 0 aliphatic rings. The first-order valence-electron chi connectivity index (χ1n) is 7.31. The molecule has 0 aromatic heterocycles. The number of methoxy groups -OCH3 is 1. The lowest BCUT2D eigenvalue weighted by molar-refractivity contribution is -0.125.